The van der Waals surface area contributed by atoms with E-state index in [2.05, 4.69) is 10.3 Å². The van der Waals surface area contributed by atoms with Gasteiger partial charge < -0.3 is 19.2 Å². The van der Waals surface area contributed by atoms with Crippen LogP contribution in [0.5, 0.6) is 17.4 Å². The Labute approximate surface area is 206 Å². The largest absolute Gasteiger partial charge is 0.493 e. The lowest BCUT2D eigenvalue weighted by Crippen LogP contribution is -2.28. The summed E-state index contributed by atoms with van der Waals surface area (Å²) >= 11 is 0. The number of methoxy groups -OCH3 is 1. The average Bonchev–Trinajstić information content (AvgIpc) is 3.49. The van der Waals surface area contributed by atoms with Gasteiger partial charge in [0.1, 0.15) is 5.76 Å². The molecule has 9 nitrogen and oxygen atoms in total. The zero-order valence-electron chi connectivity index (χ0n) is 19.5. The molecule has 0 aliphatic carbocycles. The van der Waals surface area contributed by atoms with Gasteiger partial charge in [0.15, 0.2) is 11.5 Å². The van der Waals surface area contributed by atoms with Crippen LogP contribution in [0.25, 0.3) is 0 Å². The fraction of sp³-hybridized carbons (Fsp3) is 0.111. The van der Waals surface area contributed by atoms with Crippen molar-refractivity contribution in [3.05, 3.63) is 101 Å². The van der Waals surface area contributed by atoms with E-state index in [0.29, 0.717) is 28.8 Å². The summed E-state index contributed by atoms with van der Waals surface area (Å²) in [6.45, 7) is 1.98. The van der Waals surface area contributed by atoms with Crippen molar-refractivity contribution in [2.24, 2.45) is 0 Å². The molecular weight excluding hydrogens is 462 g/mol. The molecule has 4 aromatic rings. The number of amides is 3. The normalized spacial score (nSPS) is 12.4. The molecule has 3 heterocycles. The number of carbonyl (C=O) groups excluding carboxylic acids is 3. The summed E-state index contributed by atoms with van der Waals surface area (Å²) in [6, 6.07) is 16.6. The number of anilines is 1. The summed E-state index contributed by atoms with van der Waals surface area (Å²) in [6.07, 6.45) is 2.93. The van der Waals surface area contributed by atoms with Crippen LogP contribution in [0, 0.1) is 6.92 Å². The molecule has 3 amide bonds. The maximum atomic E-state index is 12.8. The van der Waals surface area contributed by atoms with Crippen LogP contribution in [0.2, 0.25) is 0 Å². The predicted molar refractivity (Wildman–Crippen MR) is 129 cm³/mol. The molecule has 1 aliphatic heterocycles. The Morgan fingerprint density at radius 1 is 1.00 bits per heavy atom. The van der Waals surface area contributed by atoms with Gasteiger partial charge in [-0.2, -0.15) is 0 Å². The van der Waals surface area contributed by atoms with Crippen molar-refractivity contribution in [3.8, 4) is 17.4 Å². The molecule has 2 aromatic carbocycles. The first-order valence-corrected chi connectivity index (χ1v) is 11.1. The Bertz CT molecular complexity index is 1460. The molecule has 0 atom stereocenters. The third-order valence-electron chi connectivity index (χ3n) is 5.65. The van der Waals surface area contributed by atoms with E-state index in [1.165, 1.54) is 30.7 Å². The minimum absolute atomic E-state index is 0.0232. The molecule has 36 heavy (non-hydrogen) atoms. The number of nitrogens with zero attached hydrogens (tertiary/aromatic N) is 2. The lowest BCUT2D eigenvalue weighted by atomic mass is 10.1. The van der Waals surface area contributed by atoms with E-state index in [0.717, 1.165) is 10.5 Å². The van der Waals surface area contributed by atoms with E-state index in [1.54, 1.807) is 37.4 Å². The van der Waals surface area contributed by atoms with Crippen molar-refractivity contribution in [2.45, 2.75) is 13.5 Å². The number of pyridine rings is 1. The second kappa shape index (κ2) is 9.38. The van der Waals surface area contributed by atoms with Gasteiger partial charge in [0.05, 0.1) is 42.9 Å². The summed E-state index contributed by atoms with van der Waals surface area (Å²) in [7, 11) is 1.56. The molecule has 9 heteroatoms. The van der Waals surface area contributed by atoms with Gasteiger partial charge >= 0.3 is 0 Å². The summed E-state index contributed by atoms with van der Waals surface area (Å²) in [5.41, 5.74) is 2.13. The lowest BCUT2D eigenvalue weighted by molar-refractivity contribution is 0.0631. The molecule has 1 N–H and O–H groups in total. The summed E-state index contributed by atoms with van der Waals surface area (Å²) in [4.78, 5) is 43.6. The van der Waals surface area contributed by atoms with Gasteiger partial charge in [-0.25, -0.2) is 4.98 Å². The van der Waals surface area contributed by atoms with Crippen LogP contribution >= 0.6 is 0 Å². The average molecular weight is 483 g/mol. The van der Waals surface area contributed by atoms with E-state index in [-0.39, 0.29) is 23.2 Å². The number of nitrogens with one attached hydrogen (secondary N) is 1. The SMILES string of the molecule is COc1cc(C)ccc1Oc1ccc(NC(=O)c2ccc3c(c2)C(=O)N(Cc2ccco2)C3=O)cn1. The molecule has 5 rings (SSSR count). The van der Waals surface area contributed by atoms with Crippen molar-refractivity contribution in [1.82, 2.24) is 9.88 Å². The number of imide groups is 1. The van der Waals surface area contributed by atoms with Gasteiger partial charge in [0.25, 0.3) is 17.7 Å². The Kier molecular flexibility index (Phi) is 5.95. The Morgan fingerprint density at radius 3 is 2.56 bits per heavy atom. The van der Waals surface area contributed by atoms with E-state index in [4.69, 9.17) is 13.9 Å². The first-order chi connectivity index (χ1) is 17.4. The van der Waals surface area contributed by atoms with Gasteiger partial charge in [0.2, 0.25) is 5.88 Å². The minimum Gasteiger partial charge on any atom is -0.493 e. The number of fused-ring (bicyclic) bond motifs is 1. The van der Waals surface area contributed by atoms with Gasteiger partial charge in [-0.1, -0.05) is 6.07 Å². The number of benzene rings is 2. The van der Waals surface area contributed by atoms with Crippen molar-refractivity contribution in [3.63, 3.8) is 0 Å². The number of ether oxygens (including phenoxy) is 2. The van der Waals surface area contributed by atoms with Crippen LogP contribution in [-0.4, -0.2) is 34.7 Å². The third kappa shape index (κ3) is 4.41. The van der Waals surface area contributed by atoms with Gasteiger partial charge in [-0.3, -0.25) is 19.3 Å². The number of rotatable bonds is 7. The van der Waals surface area contributed by atoms with Crippen LogP contribution in [0.15, 0.2) is 77.5 Å². The first kappa shape index (κ1) is 22.9. The second-order valence-corrected chi connectivity index (χ2v) is 8.13. The van der Waals surface area contributed by atoms with Crippen LogP contribution < -0.4 is 14.8 Å². The Balaban J connectivity index is 1.27. The molecule has 0 radical (unpaired) electrons. The standard InChI is InChI=1S/C27H21N3O6/c1-16-5-9-22(23(12-16)34-2)36-24-10-7-18(14-28-24)29-25(31)17-6-8-20-21(13-17)27(33)30(26(20)32)15-19-4-3-11-35-19/h3-14H,15H2,1-2H3,(H,29,31). The monoisotopic (exact) mass is 483 g/mol. The smallest absolute Gasteiger partial charge is 0.261 e. The van der Waals surface area contributed by atoms with Crippen molar-refractivity contribution in [2.75, 3.05) is 12.4 Å². The minimum atomic E-state index is -0.476. The molecule has 0 bridgehead atoms. The fourth-order valence-electron chi connectivity index (χ4n) is 3.82. The predicted octanol–water partition coefficient (Wildman–Crippen LogP) is 4.83. The molecule has 0 saturated heterocycles. The van der Waals surface area contributed by atoms with Crippen molar-refractivity contribution in [1.29, 1.82) is 0 Å². The second-order valence-electron chi connectivity index (χ2n) is 8.13. The molecule has 0 saturated carbocycles. The maximum Gasteiger partial charge on any atom is 0.261 e. The van der Waals surface area contributed by atoms with Crippen LogP contribution in [0.3, 0.4) is 0 Å². The molecule has 180 valence electrons. The van der Waals surface area contributed by atoms with Gasteiger partial charge in [-0.15, -0.1) is 0 Å². The van der Waals surface area contributed by atoms with Gasteiger partial charge in [-0.05, 0) is 61.0 Å². The van der Waals surface area contributed by atoms with Crippen molar-refractivity contribution < 1.29 is 28.3 Å². The van der Waals surface area contributed by atoms with E-state index < -0.39 is 17.7 Å². The molecule has 0 unspecified atom stereocenters. The third-order valence-corrected chi connectivity index (χ3v) is 5.65. The van der Waals surface area contributed by atoms with Crippen molar-refractivity contribution >= 4 is 23.4 Å². The van der Waals surface area contributed by atoms with Gasteiger partial charge in [0, 0.05) is 11.6 Å². The van der Waals surface area contributed by atoms with E-state index in [1.807, 2.05) is 19.1 Å². The number of aryl methyl sites for hydroxylation is 1. The number of carbonyl (C=O) groups is 3. The molecule has 0 spiro atoms. The number of furan rings is 1. The number of hydrogen-bond donors (Lipinski definition) is 1. The lowest BCUT2D eigenvalue weighted by Gasteiger charge is -2.11. The summed E-state index contributed by atoms with van der Waals surface area (Å²) < 4.78 is 16.4. The van der Waals surface area contributed by atoms with Crippen LogP contribution in [0.4, 0.5) is 5.69 Å². The van der Waals surface area contributed by atoms with E-state index in [9.17, 15) is 14.4 Å². The molecular formula is C27H21N3O6. The summed E-state index contributed by atoms with van der Waals surface area (Å²) in [5, 5.41) is 2.74. The number of hydrogen-bond acceptors (Lipinski definition) is 7. The highest BCUT2D eigenvalue weighted by molar-refractivity contribution is 6.22. The zero-order valence-corrected chi connectivity index (χ0v) is 19.5. The Hall–Kier alpha value is -4.92. The first-order valence-electron chi connectivity index (χ1n) is 11.1. The fourth-order valence-corrected chi connectivity index (χ4v) is 3.82. The highest BCUT2D eigenvalue weighted by Crippen LogP contribution is 2.32. The maximum absolute atomic E-state index is 12.8. The molecule has 0 fully saturated rings. The highest BCUT2D eigenvalue weighted by Gasteiger charge is 2.36. The number of aromatic nitrogens is 1. The molecule has 2 aromatic heterocycles. The quantitative estimate of drug-likeness (QED) is 0.375. The van der Waals surface area contributed by atoms with Crippen LogP contribution in [-0.2, 0) is 6.54 Å². The van der Waals surface area contributed by atoms with E-state index >= 15 is 0 Å². The van der Waals surface area contributed by atoms with Crippen LogP contribution in [0.1, 0.15) is 42.4 Å². The topological polar surface area (TPSA) is 111 Å². The molecule has 1 aliphatic rings. The summed E-state index contributed by atoms with van der Waals surface area (Å²) in [5.74, 6) is 0.571. The zero-order chi connectivity index (χ0) is 25.2. The Morgan fingerprint density at radius 2 is 1.83 bits per heavy atom. The highest BCUT2D eigenvalue weighted by atomic mass is 16.5.